The molecule has 0 aliphatic carbocycles. The zero-order valence-corrected chi connectivity index (χ0v) is 10.5. The summed E-state index contributed by atoms with van der Waals surface area (Å²) in [6, 6.07) is 6.74. The Morgan fingerprint density at radius 3 is 2.56 bits per heavy atom. The fourth-order valence-corrected chi connectivity index (χ4v) is 1.88. The number of nitrogens with zero attached hydrogens (tertiary/aromatic N) is 1. The SMILES string of the molecule is CCCc1nc(-c2ccc(C(=O)O)cc2)[nH]c1C. The average molecular weight is 244 g/mol. The number of aromatic nitrogens is 2. The summed E-state index contributed by atoms with van der Waals surface area (Å²) in [5.41, 5.74) is 3.35. The van der Waals surface area contributed by atoms with Gasteiger partial charge in [-0.25, -0.2) is 9.78 Å². The number of H-pyrrole nitrogens is 1. The summed E-state index contributed by atoms with van der Waals surface area (Å²) in [6.07, 6.45) is 2.01. The number of carboxylic acid groups (broad SMARTS) is 1. The Morgan fingerprint density at radius 1 is 1.33 bits per heavy atom. The highest BCUT2D eigenvalue weighted by molar-refractivity contribution is 5.88. The van der Waals surface area contributed by atoms with E-state index in [1.807, 2.05) is 6.92 Å². The quantitative estimate of drug-likeness (QED) is 0.868. The first-order chi connectivity index (χ1) is 8.61. The van der Waals surface area contributed by atoms with Gasteiger partial charge in [0.05, 0.1) is 11.3 Å². The lowest BCUT2D eigenvalue weighted by Crippen LogP contribution is -1.95. The van der Waals surface area contributed by atoms with E-state index in [1.165, 1.54) is 0 Å². The van der Waals surface area contributed by atoms with Crippen molar-refractivity contribution in [3.05, 3.63) is 41.2 Å². The first kappa shape index (κ1) is 12.4. The van der Waals surface area contributed by atoms with E-state index < -0.39 is 5.97 Å². The summed E-state index contributed by atoms with van der Waals surface area (Å²) in [6.45, 7) is 4.13. The van der Waals surface area contributed by atoms with Crippen molar-refractivity contribution in [3.63, 3.8) is 0 Å². The Hall–Kier alpha value is -2.10. The van der Waals surface area contributed by atoms with E-state index in [0.717, 1.165) is 35.6 Å². The number of imidazole rings is 1. The van der Waals surface area contributed by atoms with E-state index in [0.29, 0.717) is 0 Å². The zero-order valence-electron chi connectivity index (χ0n) is 10.5. The second-order valence-corrected chi connectivity index (χ2v) is 4.29. The zero-order chi connectivity index (χ0) is 13.1. The number of carboxylic acids is 1. The summed E-state index contributed by atoms with van der Waals surface area (Å²) in [5, 5.41) is 8.84. The molecule has 0 saturated heterocycles. The van der Waals surface area contributed by atoms with Gasteiger partial charge >= 0.3 is 5.97 Å². The highest BCUT2D eigenvalue weighted by Gasteiger charge is 2.08. The summed E-state index contributed by atoms with van der Waals surface area (Å²) >= 11 is 0. The third-order valence-corrected chi connectivity index (χ3v) is 2.88. The van der Waals surface area contributed by atoms with Crippen molar-refractivity contribution in [2.24, 2.45) is 0 Å². The number of rotatable bonds is 4. The van der Waals surface area contributed by atoms with Gasteiger partial charge in [0.1, 0.15) is 5.82 Å². The molecule has 0 fully saturated rings. The van der Waals surface area contributed by atoms with Gasteiger partial charge in [-0.05, 0) is 25.5 Å². The van der Waals surface area contributed by atoms with Crippen LogP contribution in [0.3, 0.4) is 0 Å². The van der Waals surface area contributed by atoms with Gasteiger partial charge in [0.2, 0.25) is 0 Å². The maximum absolute atomic E-state index is 10.8. The number of hydrogen-bond acceptors (Lipinski definition) is 2. The minimum absolute atomic E-state index is 0.288. The molecule has 0 saturated carbocycles. The van der Waals surface area contributed by atoms with Crippen LogP contribution in [0.15, 0.2) is 24.3 Å². The van der Waals surface area contributed by atoms with Crippen molar-refractivity contribution in [2.45, 2.75) is 26.7 Å². The van der Waals surface area contributed by atoms with Crippen LogP contribution < -0.4 is 0 Å². The predicted octanol–water partition coefficient (Wildman–Crippen LogP) is 3.04. The van der Waals surface area contributed by atoms with Crippen LogP contribution in [0.25, 0.3) is 11.4 Å². The van der Waals surface area contributed by atoms with Crippen molar-refractivity contribution in [1.82, 2.24) is 9.97 Å². The molecule has 0 radical (unpaired) electrons. The molecule has 1 aromatic heterocycles. The molecule has 0 spiro atoms. The van der Waals surface area contributed by atoms with Gasteiger partial charge in [-0.15, -0.1) is 0 Å². The number of aromatic carboxylic acids is 1. The fraction of sp³-hybridized carbons (Fsp3) is 0.286. The molecule has 0 unspecified atom stereocenters. The minimum atomic E-state index is -0.913. The Balaban J connectivity index is 2.31. The van der Waals surface area contributed by atoms with Crippen molar-refractivity contribution >= 4 is 5.97 Å². The Morgan fingerprint density at radius 2 is 2.00 bits per heavy atom. The molecule has 0 aliphatic rings. The van der Waals surface area contributed by atoms with Gasteiger partial charge in [-0.2, -0.15) is 0 Å². The molecular weight excluding hydrogens is 228 g/mol. The standard InChI is InChI=1S/C14H16N2O2/c1-3-4-12-9(2)15-13(16-12)10-5-7-11(8-6-10)14(17)18/h5-8H,3-4H2,1-2H3,(H,15,16)(H,17,18). The average Bonchev–Trinajstić information content (AvgIpc) is 2.72. The second-order valence-electron chi connectivity index (χ2n) is 4.29. The van der Waals surface area contributed by atoms with E-state index in [4.69, 9.17) is 5.11 Å². The summed E-state index contributed by atoms with van der Waals surface area (Å²) in [5.74, 6) is -0.114. The van der Waals surface area contributed by atoms with Crippen LogP contribution in [0, 0.1) is 6.92 Å². The fourth-order valence-electron chi connectivity index (χ4n) is 1.88. The third-order valence-electron chi connectivity index (χ3n) is 2.88. The maximum Gasteiger partial charge on any atom is 0.335 e. The van der Waals surface area contributed by atoms with E-state index in [9.17, 15) is 4.79 Å². The topological polar surface area (TPSA) is 66.0 Å². The largest absolute Gasteiger partial charge is 0.478 e. The molecule has 2 rings (SSSR count). The van der Waals surface area contributed by atoms with E-state index in [2.05, 4.69) is 16.9 Å². The monoisotopic (exact) mass is 244 g/mol. The molecule has 2 N–H and O–H groups in total. The first-order valence-electron chi connectivity index (χ1n) is 6.01. The van der Waals surface area contributed by atoms with Crippen LogP contribution in [-0.4, -0.2) is 21.0 Å². The molecular formula is C14H16N2O2. The molecule has 2 aromatic rings. The summed E-state index contributed by atoms with van der Waals surface area (Å²) in [7, 11) is 0. The van der Waals surface area contributed by atoms with Crippen LogP contribution in [0.4, 0.5) is 0 Å². The van der Waals surface area contributed by atoms with Gasteiger partial charge < -0.3 is 10.1 Å². The van der Waals surface area contributed by atoms with Crippen LogP contribution >= 0.6 is 0 Å². The van der Waals surface area contributed by atoms with Crippen molar-refractivity contribution < 1.29 is 9.90 Å². The van der Waals surface area contributed by atoms with E-state index in [1.54, 1.807) is 24.3 Å². The van der Waals surface area contributed by atoms with Crippen molar-refractivity contribution in [2.75, 3.05) is 0 Å². The number of aromatic amines is 1. The summed E-state index contributed by atoms with van der Waals surface area (Å²) in [4.78, 5) is 18.5. The molecule has 1 aromatic carbocycles. The lowest BCUT2D eigenvalue weighted by molar-refractivity contribution is 0.0697. The van der Waals surface area contributed by atoms with Gasteiger partial charge in [0.15, 0.2) is 0 Å². The minimum Gasteiger partial charge on any atom is -0.478 e. The van der Waals surface area contributed by atoms with Crippen molar-refractivity contribution in [3.8, 4) is 11.4 Å². The van der Waals surface area contributed by atoms with Gasteiger partial charge in [-0.3, -0.25) is 0 Å². The van der Waals surface area contributed by atoms with E-state index >= 15 is 0 Å². The third kappa shape index (κ3) is 2.42. The number of hydrogen-bond donors (Lipinski definition) is 2. The van der Waals surface area contributed by atoms with Crippen LogP contribution in [0.1, 0.15) is 35.1 Å². The van der Waals surface area contributed by atoms with Crippen molar-refractivity contribution in [1.29, 1.82) is 0 Å². The molecule has 0 aliphatic heterocycles. The van der Waals surface area contributed by atoms with Gasteiger partial charge in [0, 0.05) is 11.3 Å². The molecule has 4 heteroatoms. The first-order valence-corrected chi connectivity index (χ1v) is 6.01. The molecule has 94 valence electrons. The molecule has 0 atom stereocenters. The number of nitrogens with one attached hydrogen (secondary N) is 1. The summed E-state index contributed by atoms with van der Waals surface area (Å²) < 4.78 is 0. The van der Waals surface area contributed by atoms with Gasteiger partial charge in [0.25, 0.3) is 0 Å². The molecule has 0 amide bonds. The lowest BCUT2D eigenvalue weighted by atomic mass is 10.1. The normalized spacial score (nSPS) is 10.6. The molecule has 0 bridgehead atoms. The molecule has 4 nitrogen and oxygen atoms in total. The Kier molecular flexibility index (Phi) is 3.46. The predicted molar refractivity (Wildman–Crippen MR) is 69.7 cm³/mol. The highest BCUT2D eigenvalue weighted by atomic mass is 16.4. The van der Waals surface area contributed by atoms with Crippen LogP contribution in [0.5, 0.6) is 0 Å². The molecule has 1 heterocycles. The second kappa shape index (κ2) is 5.04. The maximum atomic E-state index is 10.8. The highest BCUT2D eigenvalue weighted by Crippen LogP contribution is 2.19. The molecule has 18 heavy (non-hydrogen) atoms. The Labute approximate surface area is 106 Å². The van der Waals surface area contributed by atoms with Crippen LogP contribution in [-0.2, 0) is 6.42 Å². The number of benzene rings is 1. The number of carbonyl (C=O) groups is 1. The van der Waals surface area contributed by atoms with Gasteiger partial charge in [-0.1, -0.05) is 25.5 Å². The van der Waals surface area contributed by atoms with Crippen LogP contribution in [0.2, 0.25) is 0 Å². The number of aryl methyl sites for hydroxylation is 2. The smallest absolute Gasteiger partial charge is 0.335 e. The van der Waals surface area contributed by atoms with E-state index in [-0.39, 0.29) is 5.56 Å². The Bertz CT molecular complexity index is 556. The lowest BCUT2D eigenvalue weighted by Gasteiger charge is -1.98.